The summed E-state index contributed by atoms with van der Waals surface area (Å²) in [6, 6.07) is 0.767. The van der Waals surface area contributed by atoms with Gasteiger partial charge in [-0.3, -0.25) is 10.1 Å². The number of hydrogen-bond donors (Lipinski definition) is 1. The van der Waals surface area contributed by atoms with E-state index in [4.69, 9.17) is 17.3 Å². The van der Waals surface area contributed by atoms with E-state index in [0.717, 1.165) is 6.07 Å². The smallest absolute Gasteiger partial charge is 0.310 e. The van der Waals surface area contributed by atoms with Gasteiger partial charge in [-0.15, -0.1) is 0 Å². The lowest BCUT2D eigenvalue weighted by Crippen LogP contribution is -2.07. The van der Waals surface area contributed by atoms with E-state index in [9.17, 15) is 18.9 Å². The first-order chi connectivity index (χ1) is 6.97. The molecule has 0 aromatic carbocycles. The summed E-state index contributed by atoms with van der Waals surface area (Å²) >= 11 is 5.48. The fraction of sp³-hybridized carbons (Fsp3) is 0.286. The highest BCUT2D eigenvalue weighted by Gasteiger charge is 2.23. The van der Waals surface area contributed by atoms with Crippen LogP contribution >= 0.6 is 11.6 Å². The second-order valence-corrected chi connectivity index (χ2v) is 2.99. The molecule has 0 unspecified atom stereocenters. The van der Waals surface area contributed by atoms with Crippen molar-refractivity contribution in [3.05, 3.63) is 32.6 Å². The third-order valence-corrected chi connectivity index (χ3v) is 1.93. The van der Waals surface area contributed by atoms with Gasteiger partial charge in [0.15, 0.2) is 0 Å². The summed E-state index contributed by atoms with van der Waals surface area (Å²) < 4.78 is 24.5. The summed E-state index contributed by atoms with van der Waals surface area (Å²) in [5, 5.41) is 10.1. The number of halogens is 3. The second-order valence-electron chi connectivity index (χ2n) is 2.59. The maximum atomic E-state index is 12.3. The normalized spacial score (nSPS) is 10.7. The highest BCUT2D eigenvalue weighted by Crippen LogP contribution is 2.30. The molecule has 0 bridgehead atoms. The number of pyridine rings is 1. The molecule has 0 fully saturated rings. The molecule has 0 radical (unpaired) electrons. The first-order valence-corrected chi connectivity index (χ1v) is 4.17. The van der Waals surface area contributed by atoms with Crippen LogP contribution in [0.15, 0.2) is 6.07 Å². The molecule has 0 atom stereocenters. The fourth-order valence-corrected chi connectivity index (χ4v) is 1.31. The number of alkyl halides is 2. The molecule has 1 aromatic rings. The first kappa shape index (κ1) is 11.7. The molecule has 0 amide bonds. The minimum atomic E-state index is -2.84. The zero-order chi connectivity index (χ0) is 11.6. The van der Waals surface area contributed by atoms with E-state index < -0.39 is 22.7 Å². The van der Waals surface area contributed by atoms with Crippen molar-refractivity contribution in [2.75, 3.05) is 0 Å². The van der Waals surface area contributed by atoms with Gasteiger partial charge in [0.05, 0.1) is 4.92 Å². The molecule has 0 saturated heterocycles. The summed E-state index contributed by atoms with van der Waals surface area (Å²) in [5.74, 6) is 0. The Kier molecular flexibility index (Phi) is 3.48. The van der Waals surface area contributed by atoms with Gasteiger partial charge < -0.3 is 5.73 Å². The number of nitrogens with zero attached hydrogens (tertiary/aromatic N) is 2. The predicted octanol–water partition coefficient (Wildman–Crippen LogP) is 2.04. The maximum Gasteiger partial charge on any atom is 0.310 e. The van der Waals surface area contributed by atoms with Gasteiger partial charge in [0.2, 0.25) is 0 Å². The Bertz CT molecular complexity index is 400. The summed E-state index contributed by atoms with van der Waals surface area (Å²) in [5.41, 5.74) is 3.76. The van der Waals surface area contributed by atoms with Crippen molar-refractivity contribution in [2.24, 2.45) is 5.73 Å². The number of rotatable bonds is 3. The Morgan fingerprint density at radius 3 is 2.67 bits per heavy atom. The predicted molar refractivity (Wildman–Crippen MR) is 48.7 cm³/mol. The molecule has 15 heavy (non-hydrogen) atoms. The molecule has 82 valence electrons. The Balaban J connectivity index is 3.37. The number of nitro groups is 1. The standard InChI is InChI=1S/C7H6ClF2N3O2/c8-3-1-4(7(9)10)12-5(2-11)6(3)13(14)15/h1,7H,2,11H2. The van der Waals surface area contributed by atoms with Crippen LogP contribution in [0.25, 0.3) is 0 Å². The molecule has 1 aromatic heterocycles. The van der Waals surface area contributed by atoms with E-state index >= 15 is 0 Å². The van der Waals surface area contributed by atoms with E-state index in [-0.39, 0.29) is 17.3 Å². The number of hydrogen-bond acceptors (Lipinski definition) is 4. The first-order valence-electron chi connectivity index (χ1n) is 3.79. The van der Waals surface area contributed by atoms with Gasteiger partial charge in [-0.1, -0.05) is 11.6 Å². The summed E-state index contributed by atoms with van der Waals surface area (Å²) in [4.78, 5) is 13.1. The average molecular weight is 238 g/mol. The van der Waals surface area contributed by atoms with Crippen LogP contribution in [0.2, 0.25) is 5.02 Å². The molecule has 8 heteroatoms. The summed E-state index contributed by atoms with van der Waals surface area (Å²) in [7, 11) is 0. The fourth-order valence-electron chi connectivity index (χ4n) is 1.02. The van der Waals surface area contributed by atoms with E-state index in [0.29, 0.717) is 0 Å². The summed E-state index contributed by atoms with van der Waals surface area (Å²) in [6.45, 7) is -0.323. The largest absolute Gasteiger partial charge is 0.325 e. The molecule has 5 nitrogen and oxygen atoms in total. The van der Waals surface area contributed by atoms with E-state index in [1.807, 2.05) is 0 Å². The van der Waals surface area contributed by atoms with Gasteiger partial charge in [-0.2, -0.15) is 0 Å². The quantitative estimate of drug-likeness (QED) is 0.644. The zero-order valence-electron chi connectivity index (χ0n) is 7.28. The Morgan fingerprint density at radius 1 is 1.67 bits per heavy atom. The van der Waals surface area contributed by atoms with Crippen LogP contribution < -0.4 is 5.73 Å². The zero-order valence-corrected chi connectivity index (χ0v) is 8.04. The van der Waals surface area contributed by atoms with E-state index in [1.54, 1.807) is 0 Å². The molecule has 0 aliphatic carbocycles. The van der Waals surface area contributed by atoms with Crippen LogP contribution in [0.1, 0.15) is 17.8 Å². The molecule has 1 rings (SSSR count). The van der Waals surface area contributed by atoms with Crippen LogP contribution in [0, 0.1) is 10.1 Å². The van der Waals surface area contributed by atoms with Crippen molar-refractivity contribution in [1.82, 2.24) is 4.98 Å². The Labute approximate surface area is 88.0 Å². The second kappa shape index (κ2) is 4.45. The lowest BCUT2D eigenvalue weighted by Gasteiger charge is -2.04. The molecule has 2 N–H and O–H groups in total. The van der Waals surface area contributed by atoms with Crippen LogP contribution in [0.3, 0.4) is 0 Å². The minimum absolute atomic E-state index is 0.247. The monoisotopic (exact) mass is 237 g/mol. The van der Waals surface area contributed by atoms with Crippen LogP contribution in [-0.2, 0) is 6.54 Å². The van der Waals surface area contributed by atoms with Crippen LogP contribution in [0.4, 0.5) is 14.5 Å². The number of nitrogens with two attached hydrogens (primary N) is 1. The SMILES string of the molecule is NCc1nc(C(F)F)cc(Cl)c1[N+](=O)[O-]. The molecule has 0 spiro atoms. The lowest BCUT2D eigenvalue weighted by atomic mass is 10.2. The van der Waals surface area contributed by atoms with Crippen LogP contribution in [0.5, 0.6) is 0 Å². The number of aromatic nitrogens is 1. The maximum absolute atomic E-state index is 12.3. The van der Waals surface area contributed by atoms with E-state index in [2.05, 4.69) is 4.98 Å². The molecular weight excluding hydrogens is 232 g/mol. The third-order valence-electron chi connectivity index (χ3n) is 1.64. The van der Waals surface area contributed by atoms with Crippen molar-refractivity contribution in [3.63, 3.8) is 0 Å². The molecule has 1 heterocycles. The van der Waals surface area contributed by atoms with Crippen molar-refractivity contribution >= 4 is 17.3 Å². The van der Waals surface area contributed by atoms with Crippen molar-refractivity contribution in [2.45, 2.75) is 13.0 Å². The van der Waals surface area contributed by atoms with Crippen molar-refractivity contribution in [3.8, 4) is 0 Å². The third kappa shape index (κ3) is 2.37. The van der Waals surface area contributed by atoms with Crippen molar-refractivity contribution < 1.29 is 13.7 Å². The van der Waals surface area contributed by atoms with Gasteiger partial charge in [0.1, 0.15) is 16.4 Å². The van der Waals surface area contributed by atoms with Gasteiger partial charge >= 0.3 is 5.69 Å². The summed E-state index contributed by atoms with van der Waals surface area (Å²) in [6.07, 6.45) is -2.84. The average Bonchev–Trinajstić information content (AvgIpc) is 2.15. The molecule has 0 aliphatic heterocycles. The lowest BCUT2D eigenvalue weighted by molar-refractivity contribution is -0.385. The minimum Gasteiger partial charge on any atom is -0.325 e. The molecule has 0 aliphatic rings. The topological polar surface area (TPSA) is 82.0 Å². The van der Waals surface area contributed by atoms with E-state index in [1.165, 1.54) is 0 Å². The highest BCUT2D eigenvalue weighted by atomic mass is 35.5. The molecule has 0 saturated carbocycles. The highest BCUT2D eigenvalue weighted by molar-refractivity contribution is 6.32. The Hall–Kier alpha value is -1.34. The van der Waals surface area contributed by atoms with Crippen molar-refractivity contribution in [1.29, 1.82) is 0 Å². The van der Waals surface area contributed by atoms with Gasteiger partial charge in [-0.05, 0) is 6.07 Å². The van der Waals surface area contributed by atoms with Gasteiger partial charge in [0, 0.05) is 6.54 Å². The Morgan fingerprint density at radius 2 is 2.27 bits per heavy atom. The van der Waals surface area contributed by atoms with Crippen LogP contribution in [-0.4, -0.2) is 9.91 Å². The molecular formula is C7H6ClF2N3O2. The van der Waals surface area contributed by atoms with Gasteiger partial charge in [0.25, 0.3) is 6.43 Å². The van der Waals surface area contributed by atoms with Gasteiger partial charge in [-0.25, -0.2) is 13.8 Å².